The summed E-state index contributed by atoms with van der Waals surface area (Å²) >= 11 is 0. The van der Waals surface area contributed by atoms with E-state index in [0.717, 1.165) is 68.4 Å². The zero-order valence-corrected chi connectivity index (χ0v) is 25.5. The molecule has 0 bridgehead atoms. The first-order valence-corrected chi connectivity index (χ1v) is 14.9. The Hall–Kier alpha value is -3.56. The molecule has 2 saturated heterocycles. The van der Waals surface area contributed by atoms with E-state index < -0.39 is 23.9 Å². The molecule has 1 N–H and O–H groups in total. The number of hydrogen-bond donors (Lipinski definition) is 1. The Morgan fingerprint density at radius 1 is 1.05 bits per heavy atom. The number of rotatable bonds is 2. The van der Waals surface area contributed by atoms with E-state index in [2.05, 4.69) is 75.1 Å². The number of amides is 1. The second-order valence-corrected chi connectivity index (χ2v) is 13.8. The highest BCUT2D eigenvalue weighted by Crippen LogP contribution is 2.43. The third kappa shape index (κ3) is 4.45. The van der Waals surface area contributed by atoms with Crippen LogP contribution < -0.4 is 10.2 Å². The normalized spacial score (nSPS) is 21.0. The third-order valence-corrected chi connectivity index (χ3v) is 9.11. The zero-order valence-electron chi connectivity index (χ0n) is 25.5. The van der Waals surface area contributed by atoms with Gasteiger partial charge in [-0.1, -0.05) is 24.3 Å². The van der Waals surface area contributed by atoms with Gasteiger partial charge in [-0.2, -0.15) is 0 Å². The number of carbonyl (C=O) groups is 1. The number of nitrogens with one attached hydrogen (secondary N) is 1. The van der Waals surface area contributed by atoms with Gasteiger partial charge < -0.3 is 23.8 Å². The van der Waals surface area contributed by atoms with Crippen molar-refractivity contribution >= 4 is 40.5 Å². The Morgan fingerprint density at radius 3 is 2.55 bits per heavy atom. The number of ether oxygens (including phenoxy) is 2. The van der Waals surface area contributed by atoms with Crippen LogP contribution >= 0.6 is 0 Å². The summed E-state index contributed by atoms with van der Waals surface area (Å²) in [5.41, 5.74) is 4.82. The quantitative estimate of drug-likeness (QED) is 0.273. The number of aromatic amines is 1. The van der Waals surface area contributed by atoms with Crippen LogP contribution in [0.4, 0.5) is 4.79 Å². The van der Waals surface area contributed by atoms with Gasteiger partial charge in [0.05, 0.1) is 28.3 Å². The molecular formula is C33H38BN3O5. The molecule has 0 aliphatic carbocycles. The Morgan fingerprint density at radius 2 is 1.81 bits per heavy atom. The molecule has 7 rings (SSSR count). The van der Waals surface area contributed by atoms with Gasteiger partial charge in [0.2, 0.25) is 0 Å². The monoisotopic (exact) mass is 567 g/mol. The van der Waals surface area contributed by atoms with Crippen molar-refractivity contribution in [2.24, 2.45) is 0 Å². The molecule has 8 nitrogen and oxygen atoms in total. The van der Waals surface area contributed by atoms with Crippen LogP contribution in [0, 0.1) is 0 Å². The van der Waals surface area contributed by atoms with Gasteiger partial charge in [-0.05, 0) is 101 Å². The molecular weight excluding hydrogens is 529 g/mol. The molecule has 3 aliphatic heterocycles. The van der Waals surface area contributed by atoms with Crippen molar-refractivity contribution in [1.82, 2.24) is 14.9 Å². The molecule has 1 amide bonds. The highest BCUT2D eigenvalue weighted by atomic mass is 16.7. The molecule has 3 aromatic carbocycles. The summed E-state index contributed by atoms with van der Waals surface area (Å²) in [4.78, 5) is 23.2. The van der Waals surface area contributed by atoms with Crippen LogP contribution in [0.1, 0.15) is 78.7 Å². The SMILES string of the molecule is CC(C)(C)OC(=O)N1CCC[C@H]1c1nc2c(ccc3cc4c(cc32)OCc2cc(B3OC(C)(C)C(C)(C)O3)ccc2-4)[nH]1. The fraction of sp³-hybridized carbons (Fsp3) is 0.455. The first-order chi connectivity index (χ1) is 19.8. The van der Waals surface area contributed by atoms with Gasteiger partial charge in [0.25, 0.3) is 0 Å². The number of fused-ring (bicyclic) bond motifs is 6. The van der Waals surface area contributed by atoms with Crippen LogP contribution in [0.5, 0.6) is 5.75 Å². The summed E-state index contributed by atoms with van der Waals surface area (Å²) in [6.45, 7) is 15.1. The Balaban J connectivity index is 1.22. The summed E-state index contributed by atoms with van der Waals surface area (Å²) in [5, 5.41) is 2.11. The Labute approximate surface area is 246 Å². The second-order valence-electron chi connectivity index (χ2n) is 13.8. The van der Waals surface area contributed by atoms with Crippen LogP contribution in [-0.2, 0) is 20.7 Å². The minimum atomic E-state index is -0.542. The number of hydrogen-bond acceptors (Lipinski definition) is 6. The highest BCUT2D eigenvalue weighted by molar-refractivity contribution is 6.62. The fourth-order valence-electron chi connectivity index (χ4n) is 6.20. The highest BCUT2D eigenvalue weighted by Gasteiger charge is 2.51. The lowest BCUT2D eigenvalue weighted by atomic mass is 9.77. The largest absolute Gasteiger partial charge is 0.494 e. The van der Waals surface area contributed by atoms with Crippen molar-refractivity contribution in [3.8, 4) is 16.9 Å². The average molecular weight is 567 g/mol. The molecule has 218 valence electrons. The molecule has 3 aliphatic rings. The lowest BCUT2D eigenvalue weighted by Crippen LogP contribution is -2.41. The van der Waals surface area contributed by atoms with Gasteiger partial charge in [0.1, 0.15) is 23.8 Å². The fourth-order valence-corrected chi connectivity index (χ4v) is 6.20. The van der Waals surface area contributed by atoms with Crippen LogP contribution in [0.25, 0.3) is 32.9 Å². The van der Waals surface area contributed by atoms with E-state index in [4.69, 9.17) is 23.8 Å². The van der Waals surface area contributed by atoms with E-state index in [9.17, 15) is 4.79 Å². The van der Waals surface area contributed by atoms with E-state index in [-0.39, 0.29) is 12.1 Å². The molecule has 0 saturated carbocycles. The van der Waals surface area contributed by atoms with Crippen molar-refractivity contribution in [3.05, 3.63) is 53.9 Å². The summed E-state index contributed by atoms with van der Waals surface area (Å²) in [7, 11) is -0.411. The van der Waals surface area contributed by atoms with Gasteiger partial charge in [-0.25, -0.2) is 9.78 Å². The van der Waals surface area contributed by atoms with Crippen molar-refractivity contribution < 1.29 is 23.6 Å². The molecule has 1 aromatic heterocycles. The first kappa shape index (κ1) is 27.3. The molecule has 9 heteroatoms. The number of imidazole rings is 1. The second kappa shape index (κ2) is 9.22. The number of carbonyl (C=O) groups excluding carboxylic acids is 1. The molecule has 0 spiro atoms. The van der Waals surface area contributed by atoms with Gasteiger partial charge >= 0.3 is 13.2 Å². The van der Waals surface area contributed by atoms with Gasteiger partial charge in [-0.3, -0.25) is 4.90 Å². The number of nitrogens with zero attached hydrogens (tertiary/aromatic N) is 2. The van der Waals surface area contributed by atoms with Crippen LogP contribution in [0.15, 0.2) is 42.5 Å². The molecule has 42 heavy (non-hydrogen) atoms. The van der Waals surface area contributed by atoms with E-state index >= 15 is 0 Å². The molecule has 2 fully saturated rings. The lowest BCUT2D eigenvalue weighted by Gasteiger charge is -2.32. The van der Waals surface area contributed by atoms with Gasteiger partial charge in [-0.15, -0.1) is 0 Å². The maximum atomic E-state index is 12.9. The van der Waals surface area contributed by atoms with Gasteiger partial charge in [0.15, 0.2) is 0 Å². The predicted octanol–water partition coefficient (Wildman–Crippen LogP) is 6.65. The molecule has 0 unspecified atom stereocenters. The van der Waals surface area contributed by atoms with Crippen LogP contribution in [0.3, 0.4) is 0 Å². The van der Waals surface area contributed by atoms with E-state index in [1.165, 1.54) is 0 Å². The first-order valence-electron chi connectivity index (χ1n) is 14.9. The lowest BCUT2D eigenvalue weighted by molar-refractivity contribution is 0.00578. The molecule has 4 aromatic rings. The summed E-state index contributed by atoms with van der Waals surface area (Å²) in [6.07, 6.45) is 1.47. The van der Waals surface area contributed by atoms with Crippen LogP contribution in [-0.4, -0.2) is 51.4 Å². The predicted molar refractivity (Wildman–Crippen MR) is 164 cm³/mol. The maximum absolute atomic E-state index is 12.9. The summed E-state index contributed by atoms with van der Waals surface area (Å²) in [5.74, 6) is 1.63. The van der Waals surface area contributed by atoms with Crippen LogP contribution in [0.2, 0.25) is 0 Å². The zero-order chi connectivity index (χ0) is 29.6. The standard InChI is InChI=1S/C33H38BN3O5/c1-31(2,3)40-30(38)37-14-8-9-26(37)29-35-25-13-10-19-16-24-22-12-11-21(34-41-32(4,5)33(6,7)42-34)15-20(22)18-39-27(24)17-23(19)28(25)36-29/h10-13,15-17,26H,8-9,14,18H2,1-7H3,(H,35,36)/t26-/m0/s1. The summed E-state index contributed by atoms with van der Waals surface area (Å²) < 4.78 is 24.6. The minimum absolute atomic E-state index is 0.138. The van der Waals surface area contributed by atoms with E-state index in [0.29, 0.717) is 13.2 Å². The Bertz CT molecular complexity index is 1720. The Kier molecular flexibility index (Phi) is 5.99. The van der Waals surface area contributed by atoms with E-state index in [1.54, 1.807) is 4.90 Å². The number of H-pyrrole nitrogens is 1. The van der Waals surface area contributed by atoms with Crippen molar-refractivity contribution in [2.75, 3.05) is 6.54 Å². The molecule has 0 radical (unpaired) electrons. The van der Waals surface area contributed by atoms with Crippen molar-refractivity contribution in [3.63, 3.8) is 0 Å². The van der Waals surface area contributed by atoms with Crippen molar-refractivity contribution in [1.29, 1.82) is 0 Å². The third-order valence-electron chi connectivity index (χ3n) is 9.11. The molecule has 1 atom stereocenters. The summed E-state index contributed by atoms with van der Waals surface area (Å²) in [6, 6.07) is 14.7. The topological polar surface area (TPSA) is 85.9 Å². The average Bonchev–Trinajstić information content (AvgIpc) is 3.62. The van der Waals surface area contributed by atoms with E-state index in [1.807, 2.05) is 20.8 Å². The minimum Gasteiger partial charge on any atom is -0.488 e. The van der Waals surface area contributed by atoms with Crippen molar-refractivity contribution in [2.45, 2.75) is 90.8 Å². The molecule has 4 heterocycles. The number of aromatic nitrogens is 2. The van der Waals surface area contributed by atoms with Gasteiger partial charge in [0, 0.05) is 17.5 Å². The number of likely N-dealkylation sites (tertiary alicyclic amines) is 1. The number of benzene rings is 3. The smallest absolute Gasteiger partial charge is 0.488 e. The maximum Gasteiger partial charge on any atom is 0.494 e.